The van der Waals surface area contributed by atoms with E-state index < -0.39 is 0 Å². The van der Waals surface area contributed by atoms with Crippen molar-refractivity contribution in [2.24, 2.45) is 5.41 Å². The molecule has 0 rings (SSSR count). The van der Waals surface area contributed by atoms with Crippen molar-refractivity contribution in [1.82, 2.24) is 5.32 Å². The molecule has 0 aromatic heterocycles. The van der Waals surface area contributed by atoms with E-state index in [9.17, 15) is 0 Å². The van der Waals surface area contributed by atoms with Crippen LogP contribution < -0.4 is 5.32 Å². The van der Waals surface area contributed by atoms with Gasteiger partial charge in [-0.25, -0.2) is 0 Å². The fourth-order valence-corrected chi connectivity index (χ4v) is 1.56. The second kappa shape index (κ2) is 8.12. The summed E-state index contributed by atoms with van der Waals surface area (Å²) in [6.07, 6.45) is 13.4. The van der Waals surface area contributed by atoms with Crippen LogP contribution in [0.25, 0.3) is 0 Å². The van der Waals surface area contributed by atoms with Gasteiger partial charge in [0.1, 0.15) is 0 Å². The van der Waals surface area contributed by atoms with E-state index in [1.54, 1.807) is 0 Å². The number of terminal acetylenes is 1. The first kappa shape index (κ1) is 18.7. The van der Waals surface area contributed by atoms with Gasteiger partial charge in [0.15, 0.2) is 0 Å². The van der Waals surface area contributed by atoms with Crippen molar-refractivity contribution >= 4 is 0 Å². The summed E-state index contributed by atoms with van der Waals surface area (Å²) in [5, 5.41) is 3.43. The first-order valence-electron chi connectivity index (χ1n) is 7.31. The molecule has 0 heterocycles. The Kier molecular flexibility index (Phi) is 7.61. The molecule has 0 aliphatic rings. The minimum Gasteiger partial charge on any atom is -0.309 e. The quantitative estimate of drug-likeness (QED) is 0.413. The van der Waals surface area contributed by atoms with Crippen molar-refractivity contribution in [3.05, 3.63) is 36.0 Å². The molecule has 1 N–H and O–H groups in total. The average Bonchev–Trinajstić information content (AvgIpc) is 2.28. The molecular weight excluding hydrogens is 242 g/mol. The van der Waals surface area contributed by atoms with Crippen molar-refractivity contribution in [3.63, 3.8) is 0 Å². The maximum absolute atomic E-state index is 5.40. The Morgan fingerprint density at radius 2 is 1.75 bits per heavy atom. The summed E-state index contributed by atoms with van der Waals surface area (Å²) in [7, 11) is 0. The molecule has 0 aliphatic heterocycles. The molecular formula is C19H31N. The predicted molar refractivity (Wildman–Crippen MR) is 91.6 cm³/mol. The molecule has 1 nitrogen and oxygen atoms in total. The van der Waals surface area contributed by atoms with E-state index in [1.165, 1.54) is 11.1 Å². The molecule has 0 saturated heterocycles. The number of nitrogens with one attached hydrogen (secondary N) is 1. The van der Waals surface area contributed by atoms with Crippen LogP contribution in [-0.2, 0) is 0 Å². The van der Waals surface area contributed by atoms with Crippen LogP contribution in [-0.4, -0.2) is 12.1 Å². The fraction of sp³-hybridized carbons (Fsp3) is 0.579. The first-order valence-corrected chi connectivity index (χ1v) is 7.31. The molecule has 0 aliphatic carbocycles. The van der Waals surface area contributed by atoms with E-state index in [2.05, 4.69) is 71.5 Å². The average molecular weight is 273 g/mol. The third-order valence-electron chi connectivity index (χ3n) is 3.13. The van der Waals surface area contributed by atoms with Crippen LogP contribution >= 0.6 is 0 Å². The monoisotopic (exact) mass is 273 g/mol. The molecule has 0 aromatic rings. The molecule has 0 fully saturated rings. The van der Waals surface area contributed by atoms with Crippen LogP contribution in [0.15, 0.2) is 36.0 Å². The van der Waals surface area contributed by atoms with Gasteiger partial charge in [-0.15, -0.1) is 6.42 Å². The van der Waals surface area contributed by atoms with Gasteiger partial charge in [-0.1, -0.05) is 51.0 Å². The summed E-state index contributed by atoms with van der Waals surface area (Å²) in [4.78, 5) is 0. The van der Waals surface area contributed by atoms with Gasteiger partial charge in [-0.3, -0.25) is 0 Å². The summed E-state index contributed by atoms with van der Waals surface area (Å²) in [5.74, 6) is 2.62. The maximum Gasteiger partial charge on any atom is 0.0142 e. The van der Waals surface area contributed by atoms with Gasteiger partial charge in [0.05, 0.1) is 0 Å². The SMILES string of the molecule is C#C/C=C(\C=C/CNC(C)(C)C)CCC(=C)C(C)(C)C. The normalized spacial score (nSPS) is 13.6. The summed E-state index contributed by atoms with van der Waals surface area (Å²) in [5.41, 5.74) is 2.76. The Balaban J connectivity index is 4.41. The molecule has 0 radical (unpaired) electrons. The van der Waals surface area contributed by atoms with Crippen molar-refractivity contribution < 1.29 is 0 Å². The summed E-state index contributed by atoms with van der Waals surface area (Å²) >= 11 is 0. The molecule has 0 bridgehead atoms. The fourth-order valence-electron chi connectivity index (χ4n) is 1.56. The summed E-state index contributed by atoms with van der Waals surface area (Å²) < 4.78 is 0. The highest BCUT2D eigenvalue weighted by Crippen LogP contribution is 2.28. The Morgan fingerprint density at radius 1 is 1.15 bits per heavy atom. The van der Waals surface area contributed by atoms with Crippen LogP contribution in [0.2, 0.25) is 0 Å². The van der Waals surface area contributed by atoms with E-state index in [4.69, 9.17) is 6.42 Å². The molecule has 0 atom stereocenters. The minimum absolute atomic E-state index is 0.140. The van der Waals surface area contributed by atoms with Crippen LogP contribution in [0.1, 0.15) is 54.4 Å². The molecule has 0 amide bonds. The van der Waals surface area contributed by atoms with Crippen molar-refractivity contribution in [2.45, 2.75) is 59.9 Å². The zero-order valence-electron chi connectivity index (χ0n) is 14.1. The van der Waals surface area contributed by atoms with E-state index in [1.807, 2.05) is 6.08 Å². The standard InChI is InChI=1S/C19H31N/c1-9-11-17(12-10-15-20-19(6,7)8)14-13-16(2)18(3,4)5/h1,10-12,20H,2,13-15H2,3-8H3/b12-10-,17-11+. The topological polar surface area (TPSA) is 12.0 Å². The highest BCUT2D eigenvalue weighted by Gasteiger charge is 2.14. The summed E-state index contributed by atoms with van der Waals surface area (Å²) in [6.45, 7) is 18.1. The van der Waals surface area contributed by atoms with Crippen LogP contribution in [0.3, 0.4) is 0 Å². The smallest absolute Gasteiger partial charge is 0.0142 e. The third kappa shape index (κ3) is 9.64. The lowest BCUT2D eigenvalue weighted by Crippen LogP contribution is -2.35. The Bertz CT molecular complexity index is 403. The number of hydrogen-bond donors (Lipinski definition) is 1. The first-order chi connectivity index (χ1) is 9.06. The number of rotatable bonds is 6. The molecule has 112 valence electrons. The zero-order chi connectivity index (χ0) is 15.8. The Labute approximate surface area is 126 Å². The molecule has 1 heteroatoms. The number of hydrogen-bond acceptors (Lipinski definition) is 1. The van der Waals surface area contributed by atoms with Gasteiger partial charge in [-0.05, 0) is 50.7 Å². The molecule has 20 heavy (non-hydrogen) atoms. The summed E-state index contributed by atoms with van der Waals surface area (Å²) in [6, 6.07) is 0. The molecule has 0 spiro atoms. The van der Waals surface area contributed by atoms with Gasteiger partial charge in [0.25, 0.3) is 0 Å². The lowest BCUT2D eigenvalue weighted by atomic mass is 9.84. The zero-order valence-corrected chi connectivity index (χ0v) is 14.1. The van der Waals surface area contributed by atoms with Gasteiger partial charge >= 0.3 is 0 Å². The van der Waals surface area contributed by atoms with Gasteiger partial charge in [0, 0.05) is 12.1 Å². The molecule has 0 unspecified atom stereocenters. The highest BCUT2D eigenvalue weighted by atomic mass is 14.9. The molecule has 0 saturated carbocycles. The highest BCUT2D eigenvalue weighted by molar-refractivity contribution is 5.28. The maximum atomic E-state index is 5.40. The van der Waals surface area contributed by atoms with Crippen LogP contribution in [0.4, 0.5) is 0 Å². The lowest BCUT2D eigenvalue weighted by Gasteiger charge is -2.22. The third-order valence-corrected chi connectivity index (χ3v) is 3.13. The van der Waals surface area contributed by atoms with E-state index in [0.717, 1.165) is 19.4 Å². The predicted octanol–water partition coefficient (Wildman–Crippen LogP) is 4.87. The van der Waals surface area contributed by atoms with Crippen molar-refractivity contribution in [1.29, 1.82) is 0 Å². The minimum atomic E-state index is 0.140. The second-order valence-electron chi connectivity index (χ2n) is 7.27. The van der Waals surface area contributed by atoms with Crippen LogP contribution in [0.5, 0.6) is 0 Å². The van der Waals surface area contributed by atoms with Crippen molar-refractivity contribution in [3.8, 4) is 12.3 Å². The van der Waals surface area contributed by atoms with E-state index >= 15 is 0 Å². The van der Waals surface area contributed by atoms with E-state index in [-0.39, 0.29) is 11.0 Å². The van der Waals surface area contributed by atoms with Gasteiger partial charge in [-0.2, -0.15) is 0 Å². The van der Waals surface area contributed by atoms with Crippen LogP contribution in [0, 0.1) is 17.8 Å². The molecule has 0 aromatic carbocycles. The van der Waals surface area contributed by atoms with Crippen molar-refractivity contribution in [2.75, 3.05) is 6.54 Å². The second-order valence-corrected chi connectivity index (χ2v) is 7.27. The number of allylic oxidation sites excluding steroid dienone is 4. The van der Waals surface area contributed by atoms with Gasteiger partial charge < -0.3 is 5.32 Å². The Hall–Kier alpha value is -1.26. The largest absolute Gasteiger partial charge is 0.309 e. The Morgan fingerprint density at radius 3 is 2.20 bits per heavy atom. The lowest BCUT2D eigenvalue weighted by molar-refractivity contribution is 0.449. The van der Waals surface area contributed by atoms with E-state index in [0.29, 0.717) is 0 Å². The van der Waals surface area contributed by atoms with Gasteiger partial charge in [0.2, 0.25) is 0 Å².